The maximum atomic E-state index is 12.6. The Morgan fingerprint density at radius 3 is 2.66 bits per heavy atom. The Bertz CT molecular complexity index is 1060. The van der Waals surface area contributed by atoms with Crippen molar-refractivity contribution in [2.45, 2.75) is 13.0 Å². The van der Waals surface area contributed by atoms with E-state index in [1.807, 2.05) is 12.1 Å². The van der Waals surface area contributed by atoms with Gasteiger partial charge in [0.1, 0.15) is 11.9 Å². The summed E-state index contributed by atoms with van der Waals surface area (Å²) < 4.78 is 24.3. The molecule has 1 heterocycles. The molecule has 0 radical (unpaired) electrons. The van der Waals surface area contributed by atoms with E-state index in [0.717, 1.165) is 0 Å². The van der Waals surface area contributed by atoms with E-state index in [1.54, 1.807) is 30.5 Å². The number of halogens is 1. The van der Waals surface area contributed by atoms with Crippen LogP contribution in [0.3, 0.4) is 0 Å². The van der Waals surface area contributed by atoms with Crippen LogP contribution in [0.5, 0.6) is 5.75 Å². The number of aromatic nitrogens is 1. The van der Waals surface area contributed by atoms with Crippen LogP contribution in [0, 0.1) is 0 Å². The third-order valence-electron chi connectivity index (χ3n) is 4.12. The topological polar surface area (TPSA) is 109 Å². The summed E-state index contributed by atoms with van der Waals surface area (Å²) in [6.45, 7) is 1.51. The van der Waals surface area contributed by atoms with Crippen LogP contribution in [0.25, 0.3) is 11.3 Å². The first-order valence-electron chi connectivity index (χ1n) is 8.48. The number of pyridine rings is 1. The number of carbonyl (C=O) groups is 1. The van der Waals surface area contributed by atoms with E-state index in [9.17, 15) is 14.1 Å². The molecule has 0 saturated heterocycles. The quantitative estimate of drug-likeness (QED) is 0.492. The van der Waals surface area contributed by atoms with Crippen LogP contribution in [0.15, 0.2) is 60.8 Å². The molecule has 1 aromatic heterocycles. The highest BCUT2D eigenvalue weighted by molar-refractivity contribution is 7.74. The second-order valence-electron chi connectivity index (χ2n) is 6.09. The van der Waals surface area contributed by atoms with Gasteiger partial charge in [-0.25, -0.2) is 0 Å². The maximum Gasteiger partial charge on any atom is 0.302 e. The second kappa shape index (κ2) is 9.15. The van der Waals surface area contributed by atoms with E-state index in [2.05, 4.69) is 10.3 Å². The normalized spacial score (nSPS) is 12.9. The number of amides is 1. The molecule has 0 spiro atoms. The first kappa shape index (κ1) is 20.9. The van der Waals surface area contributed by atoms with E-state index in [0.29, 0.717) is 22.0 Å². The minimum Gasteiger partial charge on any atom is -0.508 e. The lowest BCUT2D eigenvalue weighted by atomic mass is 10.1. The summed E-state index contributed by atoms with van der Waals surface area (Å²) in [5, 5.41) is 13.4. The molecule has 7 nitrogen and oxygen atoms in total. The number of rotatable bonds is 6. The minimum atomic E-state index is -2.47. The van der Waals surface area contributed by atoms with E-state index in [1.165, 1.54) is 25.1 Å². The fraction of sp³-hybridized carbons (Fsp3) is 0.100. The fourth-order valence-electron chi connectivity index (χ4n) is 2.73. The number of hydrogen-bond donors (Lipinski definition) is 3. The molecule has 2 atom stereocenters. The molecule has 1 amide bonds. The van der Waals surface area contributed by atoms with E-state index < -0.39 is 23.4 Å². The highest BCUT2D eigenvalue weighted by Gasteiger charge is 2.16. The highest BCUT2D eigenvalue weighted by atomic mass is 35.5. The van der Waals surface area contributed by atoms with Gasteiger partial charge >= 0.3 is 11.4 Å². The third kappa shape index (κ3) is 5.18. The standard InChI is InChI=1S/C20H17ClN2O5S/c1-12(28-29(26)27)15-7-5-13(10-19(15)24)20(25)23-14-6-8-17(21)16(11-14)18-4-2-3-9-22-18/h2-12,24H,1H3,(H,23,25)(H,26,27). The van der Waals surface area contributed by atoms with Gasteiger partial charge in [0.15, 0.2) is 0 Å². The van der Waals surface area contributed by atoms with Crippen molar-refractivity contribution >= 4 is 34.6 Å². The fourth-order valence-corrected chi connectivity index (χ4v) is 3.29. The van der Waals surface area contributed by atoms with Gasteiger partial charge in [0, 0.05) is 28.6 Å². The summed E-state index contributed by atoms with van der Waals surface area (Å²) in [5.41, 5.74) is 2.35. The second-order valence-corrected chi connectivity index (χ2v) is 7.13. The maximum absolute atomic E-state index is 12.6. The Hall–Kier alpha value is -2.78. The van der Waals surface area contributed by atoms with Crippen molar-refractivity contribution in [2.75, 3.05) is 5.32 Å². The summed E-state index contributed by atoms with van der Waals surface area (Å²) in [4.78, 5) is 16.8. The van der Waals surface area contributed by atoms with Gasteiger partial charge in [0.05, 0.1) is 10.7 Å². The zero-order valence-electron chi connectivity index (χ0n) is 15.2. The molecule has 29 heavy (non-hydrogen) atoms. The smallest absolute Gasteiger partial charge is 0.302 e. The molecule has 9 heteroatoms. The van der Waals surface area contributed by atoms with Gasteiger partial charge in [0.2, 0.25) is 0 Å². The highest BCUT2D eigenvalue weighted by Crippen LogP contribution is 2.30. The van der Waals surface area contributed by atoms with Gasteiger partial charge in [-0.15, -0.1) is 0 Å². The number of phenolic OH excluding ortho intramolecular Hbond substituents is 1. The number of hydrogen-bond acceptors (Lipinski definition) is 5. The van der Waals surface area contributed by atoms with Crippen molar-refractivity contribution in [3.63, 3.8) is 0 Å². The van der Waals surface area contributed by atoms with Crippen LogP contribution >= 0.6 is 11.6 Å². The van der Waals surface area contributed by atoms with E-state index in [4.69, 9.17) is 20.3 Å². The molecule has 150 valence electrons. The monoisotopic (exact) mass is 432 g/mol. The van der Waals surface area contributed by atoms with Gasteiger partial charge in [-0.2, -0.15) is 4.21 Å². The number of nitrogens with zero attached hydrogens (tertiary/aromatic N) is 1. The lowest BCUT2D eigenvalue weighted by molar-refractivity contribution is 0.102. The Balaban J connectivity index is 1.80. The number of carbonyl (C=O) groups excluding carboxylic acids is 1. The third-order valence-corrected chi connectivity index (χ3v) is 4.91. The molecule has 0 aliphatic heterocycles. The van der Waals surface area contributed by atoms with Gasteiger partial charge < -0.3 is 10.4 Å². The molecule has 2 unspecified atom stereocenters. The summed E-state index contributed by atoms with van der Waals surface area (Å²) in [5.74, 6) is -0.665. The summed E-state index contributed by atoms with van der Waals surface area (Å²) in [6.07, 6.45) is 0.827. The van der Waals surface area contributed by atoms with Crippen LogP contribution in [0.2, 0.25) is 5.02 Å². The van der Waals surface area contributed by atoms with Gasteiger partial charge in [-0.1, -0.05) is 23.7 Å². The van der Waals surface area contributed by atoms with Crippen molar-refractivity contribution in [3.05, 3.63) is 76.9 Å². The van der Waals surface area contributed by atoms with Crippen LogP contribution in [-0.2, 0) is 15.5 Å². The summed E-state index contributed by atoms with van der Waals surface area (Å²) in [6, 6.07) is 14.7. The molecule has 2 aromatic carbocycles. The van der Waals surface area contributed by atoms with Crippen LogP contribution < -0.4 is 5.32 Å². The summed E-state index contributed by atoms with van der Waals surface area (Å²) >= 11 is 3.78. The molecule has 0 fully saturated rings. The van der Waals surface area contributed by atoms with Crippen molar-refractivity contribution < 1.29 is 22.8 Å². The molecule has 0 aliphatic carbocycles. The van der Waals surface area contributed by atoms with Crippen LogP contribution in [-0.4, -0.2) is 24.8 Å². The molecule has 3 N–H and O–H groups in total. The number of benzene rings is 2. The average Bonchev–Trinajstić information content (AvgIpc) is 2.69. The SMILES string of the molecule is CC(OS(=O)O)c1ccc(C(=O)Nc2ccc(Cl)c(-c3ccccn3)c2)cc1O. The van der Waals surface area contributed by atoms with E-state index >= 15 is 0 Å². The molecule has 0 saturated carbocycles. The number of anilines is 1. The van der Waals surface area contributed by atoms with Gasteiger partial charge in [-0.05, 0) is 49.4 Å². The number of phenols is 1. The first-order valence-corrected chi connectivity index (χ1v) is 9.89. The molecule has 3 aromatic rings. The minimum absolute atomic E-state index is 0.206. The van der Waals surface area contributed by atoms with Crippen molar-refractivity contribution in [1.29, 1.82) is 0 Å². The van der Waals surface area contributed by atoms with Gasteiger partial charge in [0.25, 0.3) is 5.91 Å². The van der Waals surface area contributed by atoms with E-state index in [-0.39, 0.29) is 16.9 Å². The zero-order chi connectivity index (χ0) is 21.0. The first-order chi connectivity index (χ1) is 13.8. The molecular formula is C20H17ClN2O5S. The van der Waals surface area contributed by atoms with Crippen molar-refractivity contribution in [1.82, 2.24) is 4.98 Å². The Kier molecular flexibility index (Phi) is 6.60. The molecule has 0 aliphatic rings. The van der Waals surface area contributed by atoms with Crippen LogP contribution in [0.1, 0.15) is 28.9 Å². The predicted molar refractivity (Wildman–Crippen MR) is 111 cm³/mol. The largest absolute Gasteiger partial charge is 0.508 e. The lowest BCUT2D eigenvalue weighted by Gasteiger charge is -2.13. The molecule has 3 rings (SSSR count). The Morgan fingerprint density at radius 1 is 1.21 bits per heavy atom. The zero-order valence-corrected chi connectivity index (χ0v) is 16.8. The molecule has 0 bridgehead atoms. The van der Waals surface area contributed by atoms with Crippen molar-refractivity contribution in [2.24, 2.45) is 0 Å². The Morgan fingerprint density at radius 2 is 2.00 bits per heavy atom. The average molecular weight is 433 g/mol. The Labute approximate surface area is 174 Å². The van der Waals surface area contributed by atoms with Crippen LogP contribution in [0.4, 0.5) is 5.69 Å². The number of aromatic hydroxyl groups is 1. The molecular weight excluding hydrogens is 416 g/mol. The lowest BCUT2D eigenvalue weighted by Crippen LogP contribution is -2.12. The summed E-state index contributed by atoms with van der Waals surface area (Å²) in [7, 11) is 0. The predicted octanol–water partition coefficient (Wildman–Crippen LogP) is 4.57. The van der Waals surface area contributed by atoms with Gasteiger partial charge in [-0.3, -0.25) is 18.5 Å². The van der Waals surface area contributed by atoms with Crippen molar-refractivity contribution in [3.8, 4) is 17.0 Å². The number of nitrogens with one attached hydrogen (secondary N) is 1.